The Morgan fingerprint density at radius 1 is 1.18 bits per heavy atom. The van der Waals surface area contributed by atoms with Crippen LogP contribution in [0.4, 0.5) is 0 Å². The second-order valence-electron chi connectivity index (χ2n) is 5.75. The fourth-order valence-electron chi connectivity index (χ4n) is 2.93. The van der Waals surface area contributed by atoms with Gasteiger partial charge in [0.25, 0.3) is 0 Å². The summed E-state index contributed by atoms with van der Waals surface area (Å²) in [5.74, 6) is 0.113. The molecule has 2 amide bonds. The molecule has 1 fully saturated rings. The first-order valence-electron chi connectivity index (χ1n) is 7.73. The van der Waals surface area contributed by atoms with Gasteiger partial charge in [0.05, 0.1) is 13.1 Å². The molecule has 1 N–H and O–H groups in total. The lowest BCUT2D eigenvalue weighted by molar-refractivity contribution is -0.133. The fraction of sp³-hybridized carbons (Fsp3) is 0.412. The minimum atomic E-state index is 0.00366. The molecule has 0 radical (unpaired) electrons. The van der Waals surface area contributed by atoms with Crippen molar-refractivity contribution in [1.29, 1.82) is 0 Å². The number of carbonyl (C=O) groups is 2. The zero-order valence-electron chi connectivity index (χ0n) is 12.6. The van der Waals surface area contributed by atoms with Crippen molar-refractivity contribution in [2.45, 2.75) is 6.42 Å². The maximum absolute atomic E-state index is 12.3. The summed E-state index contributed by atoms with van der Waals surface area (Å²) in [5.41, 5.74) is 2.55. The van der Waals surface area contributed by atoms with Gasteiger partial charge in [-0.3, -0.25) is 14.5 Å². The lowest BCUT2D eigenvalue weighted by atomic mass is 9.99. The average molecular weight is 299 g/mol. The lowest BCUT2D eigenvalue weighted by Gasteiger charge is -2.31. The Hall–Kier alpha value is -2.14. The van der Waals surface area contributed by atoms with Crippen molar-refractivity contribution in [1.82, 2.24) is 15.1 Å². The van der Waals surface area contributed by atoms with Crippen molar-refractivity contribution in [2.24, 2.45) is 0 Å². The van der Waals surface area contributed by atoms with Crippen LogP contribution in [0.1, 0.15) is 12.0 Å². The zero-order valence-corrected chi connectivity index (χ0v) is 12.6. The smallest absolute Gasteiger partial charge is 0.237 e. The van der Waals surface area contributed by atoms with Gasteiger partial charge in [-0.25, -0.2) is 0 Å². The highest BCUT2D eigenvalue weighted by Gasteiger charge is 2.23. The molecular formula is C17H21N3O2. The monoisotopic (exact) mass is 299 g/mol. The maximum Gasteiger partial charge on any atom is 0.237 e. The van der Waals surface area contributed by atoms with Gasteiger partial charge in [0.15, 0.2) is 0 Å². The Kier molecular flexibility index (Phi) is 4.53. The summed E-state index contributed by atoms with van der Waals surface area (Å²) in [7, 11) is 0. The second-order valence-corrected chi connectivity index (χ2v) is 5.75. The van der Waals surface area contributed by atoms with E-state index in [0.29, 0.717) is 26.2 Å². The number of carbonyl (C=O) groups excluding carboxylic acids is 2. The van der Waals surface area contributed by atoms with Crippen LogP contribution in [-0.2, 0) is 9.59 Å². The molecule has 1 aromatic carbocycles. The summed E-state index contributed by atoms with van der Waals surface area (Å²) < 4.78 is 0. The van der Waals surface area contributed by atoms with E-state index in [0.717, 1.165) is 19.5 Å². The van der Waals surface area contributed by atoms with Crippen LogP contribution in [-0.4, -0.2) is 60.9 Å². The first kappa shape index (κ1) is 14.8. The van der Waals surface area contributed by atoms with E-state index in [1.165, 1.54) is 11.1 Å². The van der Waals surface area contributed by atoms with Crippen molar-refractivity contribution >= 4 is 17.4 Å². The Morgan fingerprint density at radius 2 is 2.00 bits per heavy atom. The SMILES string of the molecule is O=C1CN(CC(=O)N2CC=C(c3ccccc3)CC2)CCN1. The van der Waals surface area contributed by atoms with Gasteiger partial charge in [-0.15, -0.1) is 0 Å². The van der Waals surface area contributed by atoms with E-state index >= 15 is 0 Å². The standard InChI is InChI=1S/C17H21N3O2/c21-16-12-19(11-8-18-16)13-17(22)20-9-6-15(7-10-20)14-4-2-1-3-5-14/h1-6H,7-13H2,(H,18,21). The molecule has 22 heavy (non-hydrogen) atoms. The molecule has 5 nitrogen and oxygen atoms in total. The van der Waals surface area contributed by atoms with E-state index in [4.69, 9.17) is 0 Å². The molecule has 116 valence electrons. The van der Waals surface area contributed by atoms with Gasteiger partial charge in [0.2, 0.25) is 11.8 Å². The van der Waals surface area contributed by atoms with Crippen LogP contribution in [0.15, 0.2) is 36.4 Å². The highest BCUT2D eigenvalue weighted by molar-refractivity contribution is 5.82. The molecule has 0 aromatic heterocycles. The fourth-order valence-corrected chi connectivity index (χ4v) is 2.93. The average Bonchev–Trinajstić information content (AvgIpc) is 2.56. The highest BCUT2D eigenvalue weighted by atomic mass is 16.2. The molecule has 2 aliphatic rings. The molecule has 2 aliphatic heterocycles. The third-order valence-corrected chi connectivity index (χ3v) is 4.18. The normalized spacial score (nSPS) is 19.5. The summed E-state index contributed by atoms with van der Waals surface area (Å²) >= 11 is 0. The summed E-state index contributed by atoms with van der Waals surface area (Å²) in [6.07, 6.45) is 3.02. The number of nitrogens with one attached hydrogen (secondary N) is 1. The van der Waals surface area contributed by atoms with Crippen LogP contribution in [0.2, 0.25) is 0 Å². The number of hydrogen-bond donors (Lipinski definition) is 1. The number of hydrogen-bond acceptors (Lipinski definition) is 3. The first-order chi connectivity index (χ1) is 10.7. The second kappa shape index (κ2) is 6.75. The van der Waals surface area contributed by atoms with E-state index in [9.17, 15) is 9.59 Å². The van der Waals surface area contributed by atoms with E-state index in [-0.39, 0.29) is 11.8 Å². The van der Waals surface area contributed by atoms with Crippen LogP contribution in [0.3, 0.4) is 0 Å². The molecule has 1 saturated heterocycles. The number of rotatable bonds is 3. The molecule has 1 aromatic rings. The van der Waals surface area contributed by atoms with E-state index in [2.05, 4.69) is 23.5 Å². The molecule has 5 heteroatoms. The Morgan fingerprint density at radius 3 is 2.68 bits per heavy atom. The van der Waals surface area contributed by atoms with Gasteiger partial charge in [0, 0.05) is 26.2 Å². The predicted molar refractivity (Wildman–Crippen MR) is 85.1 cm³/mol. The summed E-state index contributed by atoms with van der Waals surface area (Å²) in [6.45, 7) is 3.44. The molecule has 0 unspecified atom stereocenters. The topological polar surface area (TPSA) is 52.7 Å². The Balaban J connectivity index is 1.55. The summed E-state index contributed by atoms with van der Waals surface area (Å²) in [4.78, 5) is 27.5. The number of nitrogens with zero attached hydrogens (tertiary/aromatic N) is 2. The molecule has 0 saturated carbocycles. The predicted octanol–water partition coefficient (Wildman–Crippen LogP) is 0.734. The molecule has 2 heterocycles. The molecule has 0 bridgehead atoms. The van der Waals surface area contributed by atoms with Crippen molar-refractivity contribution in [3.63, 3.8) is 0 Å². The van der Waals surface area contributed by atoms with Crippen LogP contribution in [0, 0.1) is 0 Å². The molecule has 3 rings (SSSR count). The van der Waals surface area contributed by atoms with Crippen molar-refractivity contribution in [3.05, 3.63) is 42.0 Å². The van der Waals surface area contributed by atoms with Gasteiger partial charge in [-0.1, -0.05) is 36.4 Å². The van der Waals surface area contributed by atoms with Gasteiger partial charge in [-0.2, -0.15) is 0 Å². The van der Waals surface area contributed by atoms with Gasteiger partial charge < -0.3 is 10.2 Å². The molecule has 0 spiro atoms. The molecular weight excluding hydrogens is 278 g/mol. The van der Waals surface area contributed by atoms with Gasteiger partial charge in [0.1, 0.15) is 0 Å². The van der Waals surface area contributed by atoms with Crippen LogP contribution >= 0.6 is 0 Å². The summed E-state index contributed by atoms with van der Waals surface area (Å²) in [5, 5.41) is 2.77. The Bertz CT molecular complexity index is 583. The first-order valence-corrected chi connectivity index (χ1v) is 7.73. The van der Waals surface area contributed by atoms with E-state index in [1.807, 2.05) is 28.0 Å². The third kappa shape index (κ3) is 3.54. The largest absolute Gasteiger partial charge is 0.354 e. The third-order valence-electron chi connectivity index (χ3n) is 4.18. The van der Waals surface area contributed by atoms with E-state index in [1.54, 1.807) is 0 Å². The minimum Gasteiger partial charge on any atom is -0.354 e. The Labute approximate surface area is 130 Å². The molecule has 0 aliphatic carbocycles. The lowest BCUT2D eigenvalue weighted by Crippen LogP contribution is -2.51. The van der Waals surface area contributed by atoms with Crippen molar-refractivity contribution < 1.29 is 9.59 Å². The zero-order chi connectivity index (χ0) is 15.4. The maximum atomic E-state index is 12.3. The van der Waals surface area contributed by atoms with Crippen LogP contribution < -0.4 is 5.32 Å². The van der Waals surface area contributed by atoms with Crippen LogP contribution in [0.25, 0.3) is 5.57 Å². The number of benzene rings is 1. The molecule has 0 atom stereocenters. The van der Waals surface area contributed by atoms with E-state index < -0.39 is 0 Å². The quantitative estimate of drug-likeness (QED) is 0.895. The van der Waals surface area contributed by atoms with Gasteiger partial charge in [-0.05, 0) is 17.6 Å². The minimum absolute atomic E-state index is 0.00366. The number of piperazine rings is 1. The van der Waals surface area contributed by atoms with Crippen LogP contribution in [0.5, 0.6) is 0 Å². The van der Waals surface area contributed by atoms with Gasteiger partial charge >= 0.3 is 0 Å². The highest BCUT2D eigenvalue weighted by Crippen LogP contribution is 2.22. The van der Waals surface area contributed by atoms with Crippen molar-refractivity contribution in [2.75, 3.05) is 39.3 Å². The number of amides is 2. The van der Waals surface area contributed by atoms with Crippen molar-refractivity contribution in [3.8, 4) is 0 Å². The summed E-state index contributed by atoms with van der Waals surface area (Å²) in [6, 6.07) is 10.3.